The summed E-state index contributed by atoms with van der Waals surface area (Å²) in [5.41, 5.74) is 0.834. The van der Waals surface area contributed by atoms with Gasteiger partial charge in [0.2, 0.25) is 5.91 Å². The van der Waals surface area contributed by atoms with Crippen LogP contribution in [0.15, 0.2) is 48.5 Å². The van der Waals surface area contributed by atoms with E-state index in [0.29, 0.717) is 30.3 Å². The average molecular weight is 389 g/mol. The molecule has 1 heterocycles. The number of halogens is 1. The Balaban J connectivity index is 1.45. The van der Waals surface area contributed by atoms with Gasteiger partial charge < -0.3 is 19.7 Å². The molecule has 142 valence electrons. The molecule has 0 aliphatic carbocycles. The highest BCUT2D eigenvalue weighted by atomic mass is 35.5. The van der Waals surface area contributed by atoms with Gasteiger partial charge in [-0.15, -0.1) is 0 Å². The monoisotopic (exact) mass is 388 g/mol. The molecule has 1 saturated heterocycles. The maximum absolute atomic E-state index is 12.3. The Labute approximate surface area is 163 Å². The SMILES string of the molecule is COc1ccc(N2CC(CNC(=O)COc3ccc(Cl)cc3)CC2=O)cc1. The molecular formula is C20H21ClN2O4. The zero-order valence-corrected chi connectivity index (χ0v) is 15.7. The van der Waals surface area contributed by atoms with Crippen molar-refractivity contribution >= 4 is 29.1 Å². The van der Waals surface area contributed by atoms with Gasteiger partial charge in [0.25, 0.3) is 5.91 Å². The summed E-state index contributed by atoms with van der Waals surface area (Å²) in [6, 6.07) is 14.2. The van der Waals surface area contributed by atoms with Gasteiger partial charge in [-0.25, -0.2) is 0 Å². The zero-order chi connectivity index (χ0) is 19.2. The quantitative estimate of drug-likeness (QED) is 0.792. The van der Waals surface area contributed by atoms with Crippen molar-refractivity contribution in [1.29, 1.82) is 0 Å². The van der Waals surface area contributed by atoms with Crippen LogP contribution in [-0.4, -0.2) is 38.6 Å². The van der Waals surface area contributed by atoms with Crippen LogP contribution < -0.4 is 19.7 Å². The van der Waals surface area contributed by atoms with Crippen molar-refractivity contribution in [3.05, 3.63) is 53.6 Å². The molecular weight excluding hydrogens is 368 g/mol. The first-order chi connectivity index (χ1) is 13.0. The van der Waals surface area contributed by atoms with Crippen LogP contribution in [0.2, 0.25) is 5.02 Å². The summed E-state index contributed by atoms with van der Waals surface area (Å²) < 4.78 is 10.5. The van der Waals surface area contributed by atoms with Crippen molar-refractivity contribution < 1.29 is 19.1 Å². The van der Waals surface area contributed by atoms with Crippen molar-refractivity contribution in [3.63, 3.8) is 0 Å². The molecule has 2 amide bonds. The van der Waals surface area contributed by atoms with Crippen LogP contribution in [0, 0.1) is 5.92 Å². The molecule has 2 aromatic carbocycles. The lowest BCUT2D eigenvalue weighted by atomic mass is 10.1. The fourth-order valence-electron chi connectivity index (χ4n) is 2.92. The van der Waals surface area contributed by atoms with E-state index in [0.717, 1.165) is 11.4 Å². The number of anilines is 1. The Morgan fingerprint density at radius 2 is 1.81 bits per heavy atom. The molecule has 1 N–H and O–H groups in total. The number of hydrogen-bond donors (Lipinski definition) is 1. The van der Waals surface area contributed by atoms with E-state index in [2.05, 4.69) is 5.32 Å². The first-order valence-corrected chi connectivity index (χ1v) is 9.02. The molecule has 1 aliphatic rings. The van der Waals surface area contributed by atoms with Crippen LogP contribution in [0.5, 0.6) is 11.5 Å². The number of nitrogens with zero attached hydrogens (tertiary/aromatic N) is 1. The normalized spacial score (nSPS) is 16.3. The minimum atomic E-state index is -0.222. The first kappa shape index (κ1) is 19.0. The zero-order valence-electron chi connectivity index (χ0n) is 15.0. The second kappa shape index (κ2) is 8.77. The van der Waals surface area contributed by atoms with Crippen LogP contribution in [0.1, 0.15) is 6.42 Å². The van der Waals surface area contributed by atoms with Crippen LogP contribution in [0.25, 0.3) is 0 Å². The maximum Gasteiger partial charge on any atom is 0.257 e. The van der Waals surface area contributed by atoms with Crippen LogP contribution in [-0.2, 0) is 9.59 Å². The summed E-state index contributed by atoms with van der Waals surface area (Å²) in [6.07, 6.45) is 0.407. The Bertz CT molecular complexity index is 793. The van der Waals surface area contributed by atoms with Crippen molar-refractivity contribution in [3.8, 4) is 11.5 Å². The minimum absolute atomic E-state index is 0.0526. The first-order valence-electron chi connectivity index (χ1n) is 8.64. The lowest BCUT2D eigenvalue weighted by Gasteiger charge is -2.17. The number of nitrogens with one attached hydrogen (secondary N) is 1. The molecule has 1 aliphatic heterocycles. The number of rotatable bonds is 7. The third-order valence-electron chi connectivity index (χ3n) is 4.36. The average Bonchev–Trinajstić information content (AvgIpc) is 3.06. The Morgan fingerprint density at radius 1 is 1.15 bits per heavy atom. The van der Waals surface area contributed by atoms with Crippen molar-refractivity contribution in [2.75, 3.05) is 31.7 Å². The summed E-state index contributed by atoms with van der Waals surface area (Å²) in [7, 11) is 1.60. The fourth-order valence-corrected chi connectivity index (χ4v) is 3.04. The molecule has 1 atom stereocenters. The van der Waals surface area contributed by atoms with Gasteiger partial charge in [-0.3, -0.25) is 9.59 Å². The molecule has 7 heteroatoms. The van der Waals surface area contributed by atoms with Crippen molar-refractivity contribution in [1.82, 2.24) is 5.32 Å². The predicted molar refractivity (Wildman–Crippen MR) is 103 cm³/mol. The second-order valence-electron chi connectivity index (χ2n) is 6.32. The molecule has 3 rings (SSSR count). The van der Waals surface area contributed by atoms with E-state index in [-0.39, 0.29) is 24.3 Å². The van der Waals surface area contributed by atoms with E-state index in [9.17, 15) is 9.59 Å². The van der Waals surface area contributed by atoms with Gasteiger partial charge in [-0.1, -0.05) is 11.6 Å². The summed E-state index contributed by atoms with van der Waals surface area (Å²) in [5.74, 6) is 1.22. The number of carbonyl (C=O) groups is 2. The Morgan fingerprint density at radius 3 is 2.48 bits per heavy atom. The molecule has 1 fully saturated rings. The van der Waals surface area contributed by atoms with E-state index < -0.39 is 0 Å². The molecule has 1 unspecified atom stereocenters. The summed E-state index contributed by atoms with van der Waals surface area (Å²) in [6.45, 7) is 0.926. The molecule has 0 spiro atoms. The fraction of sp³-hybridized carbons (Fsp3) is 0.300. The number of hydrogen-bond acceptors (Lipinski definition) is 4. The van der Waals surface area contributed by atoms with Gasteiger partial charge in [0, 0.05) is 36.1 Å². The Hall–Kier alpha value is -2.73. The highest BCUT2D eigenvalue weighted by Gasteiger charge is 2.30. The maximum atomic E-state index is 12.3. The minimum Gasteiger partial charge on any atom is -0.497 e. The molecule has 0 bridgehead atoms. The van der Waals surface area contributed by atoms with Crippen molar-refractivity contribution in [2.24, 2.45) is 5.92 Å². The third kappa shape index (κ3) is 5.14. The van der Waals surface area contributed by atoms with Crippen LogP contribution in [0.4, 0.5) is 5.69 Å². The van der Waals surface area contributed by atoms with E-state index in [1.165, 1.54) is 0 Å². The summed E-state index contributed by atoms with van der Waals surface area (Å²) in [4.78, 5) is 26.0. The molecule has 0 aromatic heterocycles. The van der Waals surface area contributed by atoms with Gasteiger partial charge in [0.1, 0.15) is 11.5 Å². The van der Waals surface area contributed by atoms with Gasteiger partial charge in [-0.05, 0) is 48.5 Å². The largest absolute Gasteiger partial charge is 0.497 e. The van der Waals surface area contributed by atoms with E-state index >= 15 is 0 Å². The standard InChI is InChI=1S/C20H21ClN2O4/c1-26-17-8-4-16(5-9-17)23-12-14(10-20(23)25)11-22-19(24)13-27-18-6-2-15(21)3-7-18/h2-9,14H,10-13H2,1H3,(H,22,24). The number of carbonyl (C=O) groups excluding carboxylic acids is 2. The van der Waals surface area contributed by atoms with E-state index in [1.54, 1.807) is 36.3 Å². The highest BCUT2D eigenvalue weighted by molar-refractivity contribution is 6.30. The smallest absolute Gasteiger partial charge is 0.257 e. The number of methoxy groups -OCH3 is 1. The molecule has 6 nitrogen and oxygen atoms in total. The van der Waals surface area contributed by atoms with Gasteiger partial charge in [0.15, 0.2) is 6.61 Å². The lowest BCUT2D eigenvalue weighted by molar-refractivity contribution is -0.123. The van der Waals surface area contributed by atoms with E-state index in [4.69, 9.17) is 21.1 Å². The van der Waals surface area contributed by atoms with Crippen molar-refractivity contribution in [2.45, 2.75) is 6.42 Å². The second-order valence-corrected chi connectivity index (χ2v) is 6.76. The lowest BCUT2D eigenvalue weighted by Crippen LogP contribution is -2.34. The summed E-state index contributed by atoms with van der Waals surface area (Å²) >= 11 is 5.81. The Kier molecular flexibility index (Phi) is 6.19. The molecule has 2 aromatic rings. The predicted octanol–water partition coefficient (Wildman–Crippen LogP) is 2.90. The molecule has 0 saturated carbocycles. The summed E-state index contributed by atoms with van der Waals surface area (Å²) in [5, 5.41) is 3.44. The highest BCUT2D eigenvalue weighted by Crippen LogP contribution is 2.26. The molecule has 27 heavy (non-hydrogen) atoms. The van der Waals surface area contributed by atoms with Gasteiger partial charge >= 0.3 is 0 Å². The number of benzene rings is 2. The third-order valence-corrected chi connectivity index (χ3v) is 4.61. The molecule has 0 radical (unpaired) electrons. The number of amides is 2. The van der Waals surface area contributed by atoms with Crippen LogP contribution >= 0.6 is 11.6 Å². The van der Waals surface area contributed by atoms with Gasteiger partial charge in [-0.2, -0.15) is 0 Å². The number of ether oxygens (including phenoxy) is 2. The van der Waals surface area contributed by atoms with Gasteiger partial charge in [0.05, 0.1) is 7.11 Å². The van der Waals surface area contributed by atoms with E-state index in [1.807, 2.05) is 24.3 Å². The van der Waals surface area contributed by atoms with Crippen LogP contribution in [0.3, 0.4) is 0 Å². The topological polar surface area (TPSA) is 67.9 Å².